The van der Waals surface area contributed by atoms with Crippen LogP contribution >= 0.6 is 0 Å². The van der Waals surface area contributed by atoms with Crippen molar-refractivity contribution in [1.82, 2.24) is 14.7 Å². The molecule has 0 saturated carbocycles. The van der Waals surface area contributed by atoms with Gasteiger partial charge in [0.05, 0.1) is 23.6 Å². The number of carbonyl (C=O) groups excluding carboxylic acids is 1. The monoisotopic (exact) mass is 265 g/mol. The molecule has 106 valence electrons. The van der Waals surface area contributed by atoms with Crippen LogP contribution in [0.5, 0.6) is 0 Å². The summed E-state index contributed by atoms with van der Waals surface area (Å²) in [5, 5.41) is 7.25. The Bertz CT molecular complexity index is 468. The number of aryl methyl sites for hydroxylation is 2. The first-order valence-electron chi connectivity index (χ1n) is 6.75. The van der Waals surface area contributed by atoms with Crippen LogP contribution in [-0.4, -0.2) is 46.3 Å². The molecule has 0 bridgehead atoms. The lowest BCUT2D eigenvalue weighted by Crippen LogP contribution is -2.45. The molecule has 2 heterocycles. The van der Waals surface area contributed by atoms with E-state index in [1.165, 1.54) is 0 Å². The zero-order valence-corrected chi connectivity index (χ0v) is 11.9. The Hall–Kier alpha value is -1.40. The topological polar surface area (TPSA) is 76.2 Å². The fourth-order valence-electron chi connectivity index (χ4n) is 2.57. The Morgan fingerprint density at radius 2 is 2.26 bits per heavy atom. The second-order valence-electron chi connectivity index (χ2n) is 5.36. The molecule has 1 aliphatic rings. The molecule has 1 amide bonds. The number of anilines is 1. The van der Waals surface area contributed by atoms with Gasteiger partial charge < -0.3 is 11.1 Å². The minimum Gasteiger partial charge on any atom is -0.327 e. The van der Waals surface area contributed by atoms with Crippen LogP contribution in [0.15, 0.2) is 0 Å². The van der Waals surface area contributed by atoms with E-state index in [1.54, 1.807) is 4.68 Å². The number of piperidine rings is 1. The molecule has 3 N–H and O–H groups in total. The van der Waals surface area contributed by atoms with Crippen molar-refractivity contribution in [2.75, 3.05) is 25.0 Å². The number of likely N-dealkylation sites (tertiary alicyclic amines) is 1. The van der Waals surface area contributed by atoms with Crippen molar-refractivity contribution in [3.05, 3.63) is 11.4 Å². The van der Waals surface area contributed by atoms with Crippen molar-refractivity contribution in [1.29, 1.82) is 0 Å². The van der Waals surface area contributed by atoms with Gasteiger partial charge in [-0.05, 0) is 33.2 Å². The summed E-state index contributed by atoms with van der Waals surface area (Å²) in [6.45, 7) is 6.01. The van der Waals surface area contributed by atoms with Gasteiger partial charge in [-0.3, -0.25) is 14.4 Å². The maximum Gasteiger partial charge on any atom is 0.238 e. The summed E-state index contributed by atoms with van der Waals surface area (Å²) >= 11 is 0. The van der Waals surface area contributed by atoms with Crippen LogP contribution in [0.3, 0.4) is 0 Å². The van der Waals surface area contributed by atoms with Crippen molar-refractivity contribution < 1.29 is 4.79 Å². The first kappa shape index (κ1) is 14.0. The molecule has 1 atom stereocenters. The van der Waals surface area contributed by atoms with Crippen molar-refractivity contribution in [2.45, 2.75) is 32.7 Å². The Balaban J connectivity index is 1.94. The van der Waals surface area contributed by atoms with E-state index in [2.05, 4.69) is 15.3 Å². The second-order valence-corrected chi connectivity index (χ2v) is 5.36. The molecule has 19 heavy (non-hydrogen) atoms. The molecule has 6 nitrogen and oxygen atoms in total. The average Bonchev–Trinajstić information content (AvgIpc) is 2.56. The van der Waals surface area contributed by atoms with Crippen LogP contribution in [0.4, 0.5) is 5.69 Å². The van der Waals surface area contributed by atoms with Crippen molar-refractivity contribution in [3.63, 3.8) is 0 Å². The predicted molar refractivity (Wildman–Crippen MR) is 75.0 cm³/mol. The third-order valence-electron chi connectivity index (χ3n) is 3.68. The molecule has 2 rings (SSSR count). The molecular formula is C13H23N5O. The van der Waals surface area contributed by atoms with Gasteiger partial charge in [0.15, 0.2) is 0 Å². The average molecular weight is 265 g/mol. The lowest BCUT2D eigenvalue weighted by atomic mass is 10.1. The number of carbonyl (C=O) groups is 1. The molecular weight excluding hydrogens is 242 g/mol. The summed E-state index contributed by atoms with van der Waals surface area (Å²) in [7, 11) is 1.88. The third kappa shape index (κ3) is 3.33. The van der Waals surface area contributed by atoms with Gasteiger partial charge in [-0.1, -0.05) is 0 Å². The number of rotatable bonds is 3. The first-order valence-corrected chi connectivity index (χ1v) is 6.75. The summed E-state index contributed by atoms with van der Waals surface area (Å²) in [6.07, 6.45) is 2.12. The summed E-state index contributed by atoms with van der Waals surface area (Å²) in [5.74, 6) is 0.00769. The van der Waals surface area contributed by atoms with Crippen molar-refractivity contribution in [3.8, 4) is 0 Å². The van der Waals surface area contributed by atoms with Crippen LogP contribution in [0.2, 0.25) is 0 Å². The van der Waals surface area contributed by atoms with E-state index in [0.717, 1.165) is 43.0 Å². The maximum atomic E-state index is 12.1. The van der Waals surface area contributed by atoms with E-state index >= 15 is 0 Å². The largest absolute Gasteiger partial charge is 0.327 e. The molecule has 0 unspecified atom stereocenters. The number of nitrogens with zero attached hydrogens (tertiary/aromatic N) is 3. The van der Waals surface area contributed by atoms with Gasteiger partial charge in [0.2, 0.25) is 5.91 Å². The molecule has 0 aromatic carbocycles. The Morgan fingerprint density at radius 1 is 1.53 bits per heavy atom. The van der Waals surface area contributed by atoms with Crippen LogP contribution in [0.25, 0.3) is 0 Å². The number of hydrogen-bond acceptors (Lipinski definition) is 4. The highest BCUT2D eigenvalue weighted by molar-refractivity contribution is 5.93. The maximum absolute atomic E-state index is 12.1. The highest BCUT2D eigenvalue weighted by Crippen LogP contribution is 2.18. The van der Waals surface area contributed by atoms with E-state index in [9.17, 15) is 4.79 Å². The van der Waals surface area contributed by atoms with Crippen LogP contribution < -0.4 is 11.1 Å². The Morgan fingerprint density at radius 3 is 2.84 bits per heavy atom. The van der Waals surface area contributed by atoms with Gasteiger partial charge in [-0.25, -0.2) is 0 Å². The Kier molecular flexibility index (Phi) is 4.21. The minimum absolute atomic E-state index is 0.00769. The molecule has 6 heteroatoms. The zero-order valence-electron chi connectivity index (χ0n) is 11.9. The molecule has 1 saturated heterocycles. The van der Waals surface area contributed by atoms with Crippen molar-refractivity contribution >= 4 is 11.6 Å². The highest BCUT2D eigenvalue weighted by atomic mass is 16.2. The first-order chi connectivity index (χ1) is 8.97. The number of amides is 1. The normalized spacial score (nSPS) is 20.5. The van der Waals surface area contributed by atoms with E-state index in [1.807, 2.05) is 20.9 Å². The molecule has 0 spiro atoms. The fourth-order valence-corrected chi connectivity index (χ4v) is 2.57. The van der Waals surface area contributed by atoms with E-state index in [0.29, 0.717) is 6.54 Å². The predicted octanol–water partition coefficient (Wildman–Crippen LogP) is 0.399. The molecule has 1 aromatic heterocycles. The SMILES string of the molecule is Cc1nn(C)c(C)c1NC(=O)CN1CCC[C@@H](N)C1. The van der Waals surface area contributed by atoms with Crippen molar-refractivity contribution in [2.24, 2.45) is 12.8 Å². The second kappa shape index (κ2) is 5.71. The standard InChI is InChI=1S/C13H23N5O/c1-9-13(10(2)17(3)16-9)15-12(19)8-18-6-4-5-11(14)7-18/h11H,4-8,14H2,1-3H3,(H,15,19)/t11-/m1/s1. The minimum atomic E-state index is 0.00769. The number of nitrogens with two attached hydrogens (primary N) is 1. The molecule has 1 fully saturated rings. The molecule has 0 aliphatic carbocycles. The van der Waals surface area contributed by atoms with Gasteiger partial charge >= 0.3 is 0 Å². The summed E-state index contributed by atoms with van der Waals surface area (Å²) < 4.78 is 1.78. The summed E-state index contributed by atoms with van der Waals surface area (Å²) in [6, 6.07) is 0.198. The quantitative estimate of drug-likeness (QED) is 0.829. The number of hydrogen-bond donors (Lipinski definition) is 2. The van der Waals surface area contributed by atoms with Gasteiger partial charge in [0.25, 0.3) is 0 Å². The van der Waals surface area contributed by atoms with Gasteiger partial charge in [0, 0.05) is 19.6 Å². The van der Waals surface area contributed by atoms with Gasteiger partial charge in [0.1, 0.15) is 0 Å². The van der Waals surface area contributed by atoms with Crippen LogP contribution in [-0.2, 0) is 11.8 Å². The van der Waals surface area contributed by atoms with Gasteiger partial charge in [-0.2, -0.15) is 5.10 Å². The molecule has 1 aromatic rings. The zero-order chi connectivity index (χ0) is 14.0. The lowest BCUT2D eigenvalue weighted by molar-refractivity contribution is -0.117. The van der Waals surface area contributed by atoms with Crippen LogP contribution in [0.1, 0.15) is 24.2 Å². The third-order valence-corrected chi connectivity index (χ3v) is 3.68. The summed E-state index contributed by atoms with van der Waals surface area (Å²) in [5.41, 5.74) is 8.57. The number of nitrogens with one attached hydrogen (secondary N) is 1. The lowest BCUT2D eigenvalue weighted by Gasteiger charge is -2.29. The molecule has 1 aliphatic heterocycles. The van der Waals surface area contributed by atoms with Gasteiger partial charge in [-0.15, -0.1) is 0 Å². The Labute approximate surface area is 113 Å². The fraction of sp³-hybridized carbons (Fsp3) is 0.692. The highest BCUT2D eigenvalue weighted by Gasteiger charge is 2.20. The van der Waals surface area contributed by atoms with E-state index < -0.39 is 0 Å². The van der Waals surface area contributed by atoms with E-state index in [-0.39, 0.29) is 11.9 Å². The van der Waals surface area contributed by atoms with E-state index in [4.69, 9.17) is 5.73 Å². The molecule has 0 radical (unpaired) electrons. The summed E-state index contributed by atoms with van der Waals surface area (Å²) in [4.78, 5) is 14.2. The van der Waals surface area contributed by atoms with Crippen LogP contribution in [0, 0.1) is 13.8 Å². The number of aromatic nitrogens is 2. The smallest absolute Gasteiger partial charge is 0.238 e.